The maximum atomic E-state index is 12.1. The van der Waals surface area contributed by atoms with Crippen molar-refractivity contribution in [3.63, 3.8) is 0 Å². The predicted octanol–water partition coefficient (Wildman–Crippen LogP) is 2.40. The van der Waals surface area contributed by atoms with Crippen LogP contribution in [0.1, 0.15) is 40.4 Å². The van der Waals surface area contributed by atoms with Crippen molar-refractivity contribution >= 4 is 18.0 Å². The number of carbonyl (C=O) groups is 2. The lowest BCUT2D eigenvalue weighted by atomic mass is 9.91. The first-order valence-electron chi connectivity index (χ1n) is 7.26. The summed E-state index contributed by atoms with van der Waals surface area (Å²) in [6.07, 6.45) is 3.64. The molecule has 0 saturated carbocycles. The molecule has 0 saturated heterocycles. The van der Waals surface area contributed by atoms with Crippen molar-refractivity contribution in [2.45, 2.75) is 32.5 Å². The second-order valence-corrected chi connectivity index (χ2v) is 5.83. The number of fused-ring (bicyclic) bond motifs is 3. The number of ether oxygens (including phenoxy) is 4. The van der Waals surface area contributed by atoms with E-state index in [1.165, 1.54) is 7.11 Å². The third-order valence-electron chi connectivity index (χ3n) is 4.23. The van der Waals surface area contributed by atoms with Crippen molar-refractivity contribution in [2.75, 3.05) is 14.2 Å². The Bertz CT molecular complexity index is 733. The van der Waals surface area contributed by atoms with Crippen LogP contribution in [-0.2, 0) is 20.9 Å². The standard InChI is InChI=1S/C17H18O6/c1-9-11-8-22-16(19)13(11)15-10(14(9)21-4)5-6-17(2,23-15)7-12(18)20-3/h5-6H,7-8H2,1-4H3. The molecule has 2 aliphatic heterocycles. The molecule has 0 fully saturated rings. The smallest absolute Gasteiger partial charge is 0.342 e. The van der Waals surface area contributed by atoms with E-state index >= 15 is 0 Å². The summed E-state index contributed by atoms with van der Waals surface area (Å²) in [5.74, 6) is 0.240. The summed E-state index contributed by atoms with van der Waals surface area (Å²) >= 11 is 0. The zero-order chi connectivity index (χ0) is 16.8. The zero-order valence-electron chi connectivity index (χ0n) is 13.5. The minimum Gasteiger partial charge on any atom is -0.496 e. The zero-order valence-corrected chi connectivity index (χ0v) is 13.5. The van der Waals surface area contributed by atoms with Gasteiger partial charge >= 0.3 is 11.9 Å². The maximum absolute atomic E-state index is 12.1. The average molecular weight is 318 g/mol. The van der Waals surface area contributed by atoms with E-state index in [4.69, 9.17) is 18.9 Å². The molecule has 1 aromatic rings. The van der Waals surface area contributed by atoms with Crippen LogP contribution in [0.25, 0.3) is 6.08 Å². The topological polar surface area (TPSA) is 71.1 Å². The van der Waals surface area contributed by atoms with Gasteiger partial charge in [0, 0.05) is 5.56 Å². The fraction of sp³-hybridized carbons (Fsp3) is 0.412. The SMILES string of the molecule is COC(=O)CC1(C)C=Cc2c(OC)c(C)c3c(c2O1)C(=O)OC3. The summed E-state index contributed by atoms with van der Waals surface area (Å²) in [4.78, 5) is 23.7. The van der Waals surface area contributed by atoms with Gasteiger partial charge in [-0.2, -0.15) is 0 Å². The van der Waals surface area contributed by atoms with Crippen molar-refractivity contribution in [3.8, 4) is 11.5 Å². The fourth-order valence-electron chi connectivity index (χ4n) is 3.01. The molecule has 6 nitrogen and oxygen atoms in total. The molecule has 3 rings (SSSR count). The minimum atomic E-state index is -0.892. The molecule has 1 atom stereocenters. The summed E-state index contributed by atoms with van der Waals surface area (Å²) in [5.41, 5.74) is 1.83. The largest absolute Gasteiger partial charge is 0.496 e. The van der Waals surface area contributed by atoms with Gasteiger partial charge in [-0.05, 0) is 31.6 Å². The van der Waals surface area contributed by atoms with Gasteiger partial charge in [0.15, 0.2) is 0 Å². The molecule has 2 aliphatic rings. The highest BCUT2D eigenvalue weighted by molar-refractivity contribution is 5.99. The van der Waals surface area contributed by atoms with Gasteiger partial charge in [0.1, 0.15) is 29.3 Å². The van der Waals surface area contributed by atoms with E-state index in [0.717, 1.165) is 11.1 Å². The van der Waals surface area contributed by atoms with E-state index in [0.29, 0.717) is 22.6 Å². The second kappa shape index (κ2) is 5.30. The van der Waals surface area contributed by atoms with E-state index in [9.17, 15) is 9.59 Å². The molecule has 0 spiro atoms. The number of hydrogen-bond acceptors (Lipinski definition) is 6. The fourth-order valence-corrected chi connectivity index (χ4v) is 3.01. The molecule has 0 bridgehead atoms. The Labute approximate surface area is 134 Å². The lowest BCUT2D eigenvalue weighted by Gasteiger charge is -2.32. The number of hydrogen-bond donors (Lipinski definition) is 0. The van der Waals surface area contributed by atoms with Crippen LogP contribution in [0.4, 0.5) is 0 Å². The van der Waals surface area contributed by atoms with Crippen LogP contribution in [-0.4, -0.2) is 31.8 Å². The lowest BCUT2D eigenvalue weighted by Crippen LogP contribution is -2.35. The highest BCUT2D eigenvalue weighted by Gasteiger charge is 2.39. The lowest BCUT2D eigenvalue weighted by molar-refractivity contribution is -0.143. The molecule has 0 N–H and O–H groups in total. The first-order valence-corrected chi connectivity index (χ1v) is 7.26. The summed E-state index contributed by atoms with van der Waals surface area (Å²) < 4.78 is 21.4. The van der Waals surface area contributed by atoms with Gasteiger partial charge in [-0.15, -0.1) is 0 Å². The third-order valence-corrected chi connectivity index (χ3v) is 4.23. The monoisotopic (exact) mass is 318 g/mol. The van der Waals surface area contributed by atoms with Crippen LogP contribution in [0.3, 0.4) is 0 Å². The molecular formula is C17H18O6. The van der Waals surface area contributed by atoms with E-state index in [1.807, 2.05) is 13.0 Å². The predicted molar refractivity (Wildman–Crippen MR) is 81.6 cm³/mol. The molecule has 23 heavy (non-hydrogen) atoms. The van der Waals surface area contributed by atoms with Gasteiger partial charge in [-0.1, -0.05) is 0 Å². The highest BCUT2D eigenvalue weighted by Crippen LogP contribution is 2.46. The van der Waals surface area contributed by atoms with E-state index in [1.54, 1.807) is 20.1 Å². The van der Waals surface area contributed by atoms with Crippen molar-refractivity contribution in [1.29, 1.82) is 0 Å². The second-order valence-electron chi connectivity index (χ2n) is 5.83. The van der Waals surface area contributed by atoms with Crippen molar-refractivity contribution in [3.05, 3.63) is 28.3 Å². The average Bonchev–Trinajstić information content (AvgIpc) is 2.90. The molecule has 1 aromatic carbocycles. The van der Waals surface area contributed by atoms with Crippen LogP contribution >= 0.6 is 0 Å². The number of carbonyl (C=O) groups excluding carboxylic acids is 2. The van der Waals surface area contributed by atoms with E-state index < -0.39 is 11.6 Å². The Balaban J connectivity index is 2.15. The van der Waals surface area contributed by atoms with Crippen molar-refractivity contribution in [2.24, 2.45) is 0 Å². The Kier molecular flexibility index (Phi) is 3.55. The quantitative estimate of drug-likeness (QED) is 0.797. The molecule has 0 radical (unpaired) electrons. The van der Waals surface area contributed by atoms with Crippen LogP contribution in [0.5, 0.6) is 11.5 Å². The first-order chi connectivity index (χ1) is 10.9. The van der Waals surface area contributed by atoms with Crippen LogP contribution in [0.2, 0.25) is 0 Å². The number of esters is 2. The molecule has 0 amide bonds. The summed E-state index contributed by atoms with van der Waals surface area (Å²) in [5, 5.41) is 0. The van der Waals surface area contributed by atoms with Gasteiger partial charge in [0.2, 0.25) is 0 Å². The molecule has 0 aliphatic carbocycles. The Morgan fingerprint density at radius 3 is 2.78 bits per heavy atom. The van der Waals surface area contributed by atoms with Gasteiger partial charge in [-0.25, -0.2) is 4.79 Å². The van der Waals surface area contributed by atoms with Crippen LogP contribution in [0.15, 0.2) is 6.08 Å². The maximum Gasteiger partial charge on any atom is 0.342 e. The Morgan fingerprint density at radius 2 is 2.13 bits per heavy atom. The number of benzene rings is 1. The minimum absolute atomic E-state index is 0.0411. The number of cyclic esters (lactones) is 1. The van der Waals surface area contributed by atoms with Crippen LogP contribution in [0, 0.1) is 6.92 Å². The summed E-state index contributed by atoms with van der Waals surface area (Å²) in [7, 11) is 2.90. The van der Waals surface area contributed by atoms with Crippen LogP contribution < -0.4 is 9.47 Å². The number of rotatable bonds is 3. The molecule has 6 heteroatoms. The van der Waals surface area contributed by atoms with Gasteiger partial charge < -0.3 is 18.9 Å². The summed E-state index contributed by atoms with van der Waals surface area (Å²) in [6.45, 7) is 3.85. The van der Waals surface area contributed by atoms with E-state index in [-0.39, 0.29) is 19.0 Å². The van der Waals surface area contributed by atoms with Gasteiger partial charge in [0.05, 0.1) is 26.2 Å². The third kappa shape index (κ3) is 2.34. The Morgan fingerprint density at radius 1 is 1.39 bits per heavy atom. The van der Waals surface area contributed by atoms with Gasteiger partial charge in [0.25, 0.3) is 0 Å². The molecule has 0 aromatic heterocycles. The molecular weight excluding hydrogens is 300 g/mol. The van der Waals surface area contributed by atoms with E-state index in [2.05, 4.69) is 0 Å². The first kappa shape index (κ1) is 15.4. The Hall–Kier alpha value is -2.50. The summed E-state index contributed by atoms with van der Waals surface area (Å²) in [6, 6.07) is 0. The van der Waals surface area contributed by atoms with Crippen molar-refractivity contribution < 1.29 is 28.5 Å². The van der Waals surface area contributed by atoms with Gasteiger partial charge in [-0.3, -0.25) is 4.79 Å². The molecule has 122 valence electrons. The normalized spacial score (nSPS) is 21.1. The molecule has 1 unspecified atom stereocenters. The van der Waals surface area contributed by atoms with Crippen molar-refractivity contribution in [1.82, 2.24) is 0 Å². The molecule has 2 heterocycles. The highest BCUT2D eigenvalue weighted by atomic mass is 16.5. The number of methoxy groups -OCH3 is 2.